The molecule has 13 rings (SSSR count). The summed E-state index contributed by atoms with van der Waals surface area (Å²) in [6, 6.07) is 74.8. The topological polar surface area (TPSA) is 23.0 Å². The maximum Gasteiger partial charge on any atom is 0.135 e. The van der Waals surface area contributed by atoms with E-state index in [2.05, 4.69) is 215 Å². The fourth-order valence-corrected chi connectivity index (χ4v) is 9.97. The number of aromatic nitrogens is 2. The summed E-state index contributed by atoms with van der Waals surface area (Å²) in [5, 5.41) is 12.1. The van der Waals surface area contributed by atoms with Gasteiger partial charge in [-0.15, -0.1) is 0 Å². The van der Waals surface area contributed by atoms with E-state index in [1.165, 1.54) is 87.4 Å². The zero-order chi connectivity index (χ0) is 38.6. The lowest BCUT2D eigenvalue weighted by Gasteiger charge is -2.12. The first-order chi connectivity index (χ1) is 29.3. The minimum atomic E-state index is 0.877. The first kappa shape index (κ1) is 32.2. The Kier molecular flexibility index (Phi) is 6.72. The van der Waals surface area contributed by atoms with Gasteiger partial charge in [0.1, 0.15) is 11.2 Å². The normalized spacial score (nSPS) is 12.1. The second-order valence-corrected chi connectivity index (χ2v) is 15.6. The van der Waals surface area contributed by atoms with Gasteiger partial charge in [0.25, 0.3) is 0 Å². The first-order valence-corrected chi connectivity index (χ1v) is 20.3. The summed E-state index contributed by atoms with van der Waals surface area (Å²) in [5.41, 5.74) is 13.6. The maximum absolute atomic E-state index is 6.92. The molecular weight excluding hydrogens is 717 g/mol. The van der Waals surface area contributed by atoms with Gasteiger partial charge in [-0.1, -0.05) is 146 Å². The number of para-hydroxylation sites is 4. The van der Waals surface area contributed by atoms with Crippen LogP contribution in [0.5, 0.6) is 0 Å². The van der Waals surface area contributed by atoms with E-state index >= 15 is 0 Å². The second-order valence-electron chi connectivity index (χ2n) is 15.6. The lowest BCUT2D eigenvalue weighted by molar-refractivity contribution is 0.664. The highest BCUT2D eigenvalue weighted by molar-refractivity contribution is 6.26. The highest BCUT2D eigenvalue weighted by Crippen LogP contribution is 2.43. The Balaban J connectivity index is 0.944. The van der Waals surface area contributed by atoms with E-state index in [4.69, 9.17) is 4.42 Å². The number of benzene rings is 10. The van der Waals surface area contributed by atoms with Gasteiger partial charge >= 0.3 is 0 Å². The largest absolute Gasteiger partial charge is 0.456 e. The van der Waals surface area contributed by atoms with Gasteiger partial charge in [-0.2, -0.15) is 0 Å². The van der Waals surface area contributed by atoms with Crippen molar-refractivity contribution in [3.05, 3.63) is 206 Å². The molecule has 59 heavy (non-hydrogen) atoms. The van der Waals surface area contributed by atoms with E-state index in [0.717, 1.165) is 33.3 Å². The van der Waals surface area contributed by atoms with Gasteiger partial charge in [-0.25, -0.2) is 0 Å². The van der Waals surface area contributed by atoms with E-state index < -0.39 is 0 Å². The van der Waals surface area contributed by atoms with E-state index in [0.29, 0.717) is 0 Å². The van der Waals surface area contributed by atoms with Crippen LogP contribution in [0.15, 0.2) is 211 Å². The lowest BCUT2D eigenvalue weighted by atomic mass is 9.92. The molecule has 3 heteroatoms. The molecule has 3 nitrogen and oxygen atoms in total. The molecule has 0 unspecified atom stereocenters. The highest BCUT2D eigenvalue weighted by atomic mass is 16.3. The van der Waals surface area contributed by atoms with E-state index in [9.17, 15) is 0 Å². The lowest BCUT2D eigenvalue weighted by Crippen LogP contribution is -1.93. The number of nitrogens with zero attached hydrogens (tertiary/aromatic N) is 2. The Morgan fingerprint density at radius 1 is 0.254 bits per heavy atom. The first-order valence-electron chi connectivity index (χ1n) is 20.3. The summed E-state index contributed by atoms with van der Waals surface area (Å²) < 4.78 is 11.7. The third-order valence-electron chi connectivity index (χ3n) is 12.5. The molecule has 0 saturated heterocycles. The molecule has 0 fully saturated rings. The summed E-state index contributed by atoms with van der Waals surface area (Å²) in [5.74, 6) is 0. The van der Waals surface area contributed by atoms with Crippen LogP contribution in [0.4, 0.5) is 0 Å². The Bertz CT molecular complexity index is 3470. The Hall–Kier alpha value is -7.88. The van der Waals surface area contributed by atoms with Crippen LogP contribution < -0.4 is 0 Å². The summed E-state index contributed by atoms with van der Waals surface area (Å²) >= 11 is 0. The fraction of sp³-hybridized carbons (Fsp3) is 0. The third-order valence-corrected chi connectivity index (χ3v) is 12.5. The molecule has 0 saturated carbocycles. The predicted molar refractivity (Wildman–Crippen MR) is 248 cm³/mol. The van der Waals surface area contributed by atoms with Gasteiger partial charge < -0.3 is 13.6 Å². The molecule has 0 spiro atoms. The average molecular weight is 751 g/mol. The molecule has 0 amide bonds. The summed E-state index contributed by atoms with van der Waals surface area (Å²) in [6.45, 7) is 0. The molecule has 274 valence electrons. The second kappa shape index (κ2) is 12.3. The summed E-state index contributed by atoms with van der Waals surface area (Å²) in [6.07, 6.45) is 0. The zero-order valence-corrected chi connectivity index (χ0v) is 31.9. The van der Waals surface area contributed by atoms with Crippen LogP contribution in [0.25, 0.3) is 121 Å². The molecule has 0 N–H and O–H groups in total. The van der Waals surface area contributed by atoms with Gasteiger partial charge in [0.05, 0.1) is 22.1 Å². The van der Waals surface area contributed by atoms with Gasteiger partial charge in [0.2, 0.25) is 0 Å². The maximum atomic E-state index is 6.92. The van der Waals surface area contributed by atoms with E-state index in [1.54, 1.807) is 0 Å². The molecule has 3 aromatic heterocycles. The minimum Gasteiger partial charge on any atom is -0.456 e. The molecular formula is C56H34N2O. The van der Waals surface area contributed by atoms with Crippen molar-refractivity contribution >= 4 is 87.1 Å². The monoisotopic (exact) mass is 750 g/mol. The van der Waals surface area contributed by atoms with Crippen molar-refractivity contribution in [1.29, 1.82) is 0 Å². The summed E-state index contributed by atoms with van der Waals surface area (Å²) in [7, 11) is 0. The molecule has 13 aromatic rings. The molecule has 0 aliphatic carbocycles. The van der Waals surface area contributed by atoms with Crippen molar-refractivity contribution in [2.24, 2.45) is 0 Å². The highest BCUT2D eigenvalue weighted by Gasteiger charge is 2.18. The SMILES string of the molecule is c1cc2c(-c3ccc(-n4c5ccccc5c5ccccc54)cc3)ccc3oc4ccc(-c5ccc(-n6c7ccccc7c7ccccc76)cc5)c5cccc(c(c1)c32)c45. The predicted octanol–water partition coefficient (Wildman–Crippen LogP) is 15.4. The van der Waals surface area contributed by atoms with Crippen LogP contribution in [-0.4, -0.2) is 9.13 Å². The van der Waals surface area contributed by atoms with Gasteiger partial charge in [-0.3, -0.25) is 0 Å². The van der Waals surface area contributed by atoms with Gasteiger partial charge in [0, 0.05) is 43.7 Å². The fourth-order valence-electron chi connectivity index (χ4n) is 9.97. The Morgan fingerprint density at radius 3 is 0.949 bits per heavy atom. The number of fused-ring (bicyclic) bond motifs is 7. The van der Waals surface area contributed by atoms with Crippen molar-refractivity contribution < 1.29 is 4.42 Å². The van der Waals surface area contributed by atoms with Crippen LogP contribution >= 0.6 is 0 Å². The van der Waals surface area contributed by atoms with Crippen molar-refractivity contribution in [2.45, 2.75) is 0 Å². The van der Waals surface area contributed by atoms with Crippen LogP contribution in [-0.2, 0) is 0 Å². The van der Waals surface area contributed by atoms with Gasteiger partial charge in [-0.05, 0) is 104 Å². The standard InChI is InChI=1S/C56H34N2O/c1-5-19-49-41(11-1)42-12-2-6-20-50(42)57(49)37-27-23-35(24-28-37)39-31-33-53-55-45(39)15-9-17-47(55)48-18-10-16-46-40(32-34-54(59-53)56(46)48)36-25-29-38(30-26-36)58-51-21-7-3-13-43(51)44-14-4-8-22-52(44)58/h1-34H. The molecule has 0 aliphatic heterocycles. The van der Waals surface area contributed by atoms with Crippen molar-refractivity contribution in [2.75, 3.05) is 0 Å². The van der Waals surface area contributed by atoms with Crippen LogP contribution in [0.1, 0.15) is 0 Å². The molecule has 0 bridgehead atoms. The third kappa shape index (κ3) is 4.64. The smallest absolute Gasteiger partial charge is 0.135 e. The van der Waals surface area contributed by atoms with Crippen molar-refractivity contribution in [1.82, 2.24) is 9.13 Å². The molecule has 0 aliphatic rings. The zero-order valence-electron chi connectivity index (χ0n) is 31.9. The number of hydrogen-bond donors (Lipinski definition) is 0. The Labute approximate surface area is 339 Å². The molecule has 10 aromatic carbocycles. The Morgan fingerprint density at radius 2 is 0.576 bits per heavy atom. The van der Waals surface area contributed by atoms with Crippen LogP contribution in [0, 0.1) is 0 Å². The quantitative estimate of drug-likeness (QED) is 0.176. The molecule has 0 radical (unpaired) electrons. The van der Waals surface area contributed by atoms with Crippen LogP contribution in [0.2, 0.25) is 0 Å². The van der Waals surface area contributed by atoms with Crippen LogP contribution in [0.3, 0.4) is 0 Å². The molecule has 0 atom stereocenters. The van der Waals surface area contributed by atoms with Crippen molar-refractivity contribution in [3.8, 4) is 33.6 Å². The van der Waals surface area contributed by atoms with E-state index in [-0.39, 0.29) is 0 Å². The molecule has 3 heterocycles. The van der Waals surface area contributed by atoms with Crippen molar-refractivity contribution in [3.63, 3.8) is 0 Å². The van der Waals surface area contributed by atoms with E-state index in [1.807, 2.05) is 0 Å². The number of hydrogen-bond acceptors (Lipinski definition) is 1. The minimum absolute atomic E-state index is 0.877. The average Bonchev–Trinajstić information content (AvgIpc) is 3.77. The summed E-state index contributed by atoms with van der Waals surface area (Å²) in [4.78, 5) is 0. The van der Waals surface area contributed by atoms with Gasteiger partial charge in [0.15, 0.2) is 0 Å². The number of rotatable bonds is 4.